The Morgan fingerprint density at radius 1 is 0.421 bits per heavy atom. The van der Waals surface area contributed by atoms with E-state index in [4.69, 9.17) is 0 Å². The van der Waals surface area contributed by atoms with Crippen molar-refractivity contribution in [3.8, 4) is 0 Å². The van der Waals surface area contributed by atoms with Crippen LogP contribution in [0.25, 0.3) is 0 Å². The van der Waals surface area contributed by atoms with E-state index >= 15 is 0 Å². The molecular formula is C15H31N4+. The third-order valence-electron chi connectivity index (χ3n) is 5.21. The van der Waals surface area contributed by atoms with Gasteiger partial charge in [-0.3, -0.25) is 0 Å². The van der Waals surface area contributed by atoms with Crippen molar-refractivity contribution in [1.82, 2.24) is 14.7 Å². The summed E-state index contributed by atoms with van der Waals surface area (Å²) in [5.74, 6) is 0. The Hall–Kier alpha value is -0.160. The average Bonchev–Trinajstić information content (AvgIpc) is 2.47. The number of nitrogens with zero attached hydrogens (tertiary/aromatic N) is 3. The van der Waals surface area contributed by atoms with E-state index in [1.807, 2.05) is 4.90 Å². The van der Waals surface area contributed by atoms with Gasteiger partial charge >= 0.3 is 0 Å². The van der Waals surface area contributed by atoms with Gasteiger partial charge in [0, 0.05) is 78.2 Å². The van der Waals surface area contributed by atoms with Crippen molar-refractivity contribution in [2.75, 3.05) is 78.5 Å². The molecule has 0 aliphatic carbocycles. The zero-order chi connectivity index (χ0) is 12.9. The quantitative estimate of drug-likeness (QED) is 0.605. The molecule has 1 N–H and O–H groups in total. The van der Waals surface area contributed by atoms with Crippen LogP contribution in [0.4, 0.5) is 0 Å². The standard InChI is InChI=1S/C15H30N4/c1-4-16-5-2-8-18-12-10-17(7-1)11-13-19(15-14-18)9-3-6-16/h1-15H2/p+1. The Morgan fingerprint density at radius 3 is 1.05 bits per heavy atom. The molecule has 19 heavy (non-hydrogen) atoms. The first kappa shape index (κ1) is 13.8. The van der Waals surface area contributed by atoms with Crippen LogP contribution in [0.5, 0.6) is 0 Å². The molecule has 4 rings (SSSR count). The first-order valence-corrected chi connectivity index (χ1v) is 8.41. The van der Waals surface area contributed by atoms with Gasteiger partial charge in [-0.2, -0.15) is 0 Å². The molecule has 0 unspecified atom stereocenters. The Balaban J connectivity index is 1.77. The van der Waals surface area contributed by atoms with Crippen LogP contribution < -0.4 is 4.90 Å². The first-order chi connectivity index (χ1) is 9.40. The molecule has 0 aromatic heterocycles. The zero-order valence-corrected chi connectivity index (χ0v) is 12.4. The Morgan fingerprint density at radius 2 is 0.737 bits per heavy atom. The van der Waals surface area contributed by atoms with E-state index in [1.54, 1.807) is 0 Å². The van der Waals surface area contributed by atoms with E-state index in [2.05, 4.69) is 14.7 Å². The summed E-state index contributed by atoms with van der Waals surface area (Å²) in [7, 11) is 0. The van der Waals surface area contributed by atoms with Crippen molar-refractivity contribution < 1.29 is 4.90 Å². The molecule has 4 bridgehead atoms. The van der Waals surface area contributed by atoms with E-state index in [0.29, 0.717) is 0 Å². The van der Waals surface area contributed by atoms with Crippen molar-refractivity contribution in [2.24, 2.45) is 0 Å². The monoisotopic (exact) mass is 267 g/mol. The van der Waals surface area contributed by atoms with Gasteiger partial charge in [-0.05, 0) is 0 Å². The summed E-state index contributed by atoms with van der Waals surface area (Å²) in [5, 5.41) is 0. The predicted molar refractivity (Wildman–Crippen MR) is 78.7 cm³/mol. The molecule has 0 amide bonds. The minimum absolute atomic E-state index is 1.29. The Kier molecular flexibility index (Phi) is 5.10. The summed E-state index contributed by atoms with van der Waals surface area (Å²) in [6.07, 6.45) is 4.19. The molecule has 4 saturated heterocycles. The highest BCUT2D eigenvalue weighted by atomic mass is 15.3. The molecule has 0 spiro atoms. The predicted octanol–water partition coefficient (Wildman–Crippen LogP) is -1.01. The Labute approximate surface area is 118 Å². The molecule has 4 fully saturated rings. The second kappa shape index (κ2) is 7.02. The maximum atomic E-state index is 2.72. The van der Waals surface area contributed by atoms with Crippen LogP contribution in [0.1, 0.15) is 19.3 Å². The molecule has 0 saturated carbocycles. The van der Waals surface area contributed by atoms with Crippen LogP contribution in [0.3, 0.4) is 0 Å². The molecule has 0 aromatic rings. The van der Waals surface area contributed by atoms with Crippen molar-refractivity contribution >= 4 is 0 Å². The van der Waals surface area contributed by atoms with Crippen LogP contribution in [0, 0.1) is 0 Å². The van der Waals surface area contributed by atoms with Crippen LogP contribution in [-0.2, 0) is 0 Å². The average molecular weight is 267 g/mol. The van der Waals surface area contributed by atoms with Gasteiger partial charge < -0.3 is 19.6 Å². The fourth-order valence-electron chi connectivity index (χ4n) is 3.89. The van der Waals surface area contributed by atoms with Gasteiger partial charge in [0.05, 0.1) is 19.6 Å². The first-order valence-electron chi connectivity index (χ1n) is 8.41. The van der Waals surface area contributed by atoms with E-state index in [0.717, 1.165) is 0 Å². The third-order valence-corrected chi connectivity index (χ3v) is 5.21. The van der Waals surface area contributed by atoms with Crippen molar-refractivity contribution in [3.63, 3.8) is 0 Å². The van der Waals surface area contributed by atoms with E-state index in [1.165, 1.54) is 97.8 Å². The van der Waals surface area contributed by atoms with E-state index in [-0.39, 0.29) is 0 Å². The van der Waals surface area contributed by atoms with Crippen LogP contribution in [0.15, 0.2) is 0 Å². The molecule has 0 aromatic carbocycles. The summed E-state index contributed by atoms with van der Waals surface area (Å²) >= 11 is 0. The summed E-state index contributed by atoms with van der Waals surface area (Å²) in [5.41, 5.74) is 0. The third kappa shape index (κ3) is 4.15. The second-order valence-corrected chi connectivity index (χ2v) is 6.59. The van der Waals surface area contributed by atoms with Gasteiger partial charge in [0.1, 0.15) is 0 Å². The second-order valence-electron chi connectivity index (χ2n) is 6.59. The molecule has 4 heteroatoms. The molecule has 4 aliphatic heterocycles. The van der Waals surface area contributed by atoms with Gasteiger partial charge in [-0.1, -0.05) is 0 Å². The number of quaternary nitrogens is 1. The topological polar surface area (TPSA) is 14.2 Å². The molecule has 4 heterocycles. The zero-order valence-electron chi connectivity index (χ0n) is 12.4. The SMILES string of the molecule is C1CN2CCN3CCC[NH+](C1)CCCN(CC2)CC3. The number of rotatable bonds is 0. The lowest BCUT2D eigenvalue weighted by Gasteiger charge is -2.24. The maximum Gasteiger partial charge on any atom is 0.0783 e. The smallest absolute Gasteiger partial charge is 0.0783 e. The normalized spacial score (nSPS) is 41.7. The minimum Gasteiger partial charge on any atom is -0.335 e. The summed E-state index contributed by atoms with van der Waals surface area (Å²) in [6.45, 7) is 15.9. The lowest BCUT2D eigenvalue weighted by atomic mass is 10.3. The fraction of sp³-hybridized carbons (Fsp3) is 1.00. The fourth-order valence-corrected chi connectivity index (χ4v) is 3.89. The molecule has 110 valence electrons. The number of nitrogens with one attached hydrogen (secondary N) is 1. The van der Waals surface area contributed by atoms with Gasteiger partial charge in [0.15, 0.2) is 0 Å². The summed E-state index contributed by atoms with van der Waals surface area (Å²) in [4.78, 5) is 10.0. The van der Waals surface area contributed by atoms with E-state index in [9.17, 15) is 0 Å². The summed E-state index contributed by atoms with van der Waals surface area (Å²) in [6, 6.07) is 0. The van der Waals surface area contributed by atoms with Gasteiger partial charge in [-0.25, -0.2) is 0 Å². The van der Waals surface area contributed by atoms with Crippen molar-refractivity contribution in [3.05, 3.63) is 0 Å². The van der Waals surface area contributed by atoms with Crippen molar-refractivity contribution in [2.45, 2.75) is 19.3 Å². The van der Waals surface area contributed by atoms with Crippen LogP contribution in [-0.4, -0.2) is 93.2 Å². The highest BCUT2D eigenvalue weighted by molar-refractivity contribution is 4.73. The van der Waals surface area contributed by atoms with Gasteiger partial charge in [0.2, 0.25) is 0 Å². The molecular weight excluding hydrogens is 236 g/mol. The number of hydrogen-bond acceptors (Lipinski definition) is 3. The Bertz CT molecular complexity index is 216. The molecule has 4 nitrogen and oxygen atoms in total. The van der Waals surface area contributed by atoms with Gasteiger partial charge in [-0.15, -0.1) is 0 Å². The van der Waals surface area contributed by atoms with Crippen LogP contribution in [0.2, 0.25) is 0 Å². The molecule has 0 radical (unpaired) electrons. The number of hydrogen-bond donors (Lipinski definition) is 1. The van der Waals surface area contributed by atoms with Gasteiger partial charge in [0.25, 0.3) is 0 Å². The number of fused-ring (bicyclic) bond motifs is 9. The van der Waals surface area contributed by atoms with Crippen molar-refractivity contribution in [1.29, 1.82) is 0 Å². The maximum absolute atomic E-state index is 2.72. The largest absolute Gasteiger partial charge is 0.335 e. The molecule has 0 atom stereocenters. The summed E-state index contributed by atoms with van der Waals surface area (Å²) < 4.78 is 0. The minimum atomic E-state index is 1.29. The highest BCUT2D eigenvalue weighted by Crippen LogP contribution is 2.04. The van der Waals surface area contributed by atoms with E-state index < -0.39 is 0 Å². The lowest BCUT2D eigenvalue weighted by Crippen LogP contribution is -3.12. The molecule has 4 aliphatic rings. The highest BCUT2D eigenvalue weighted by Gasteiger charge is 2.20. The van der Waals surface area contributed by atoms with Crippen LogP contribution >= 0.6 is 0 Å². The lowest BCUT2D eigenvalue weighted by molar-refractivity contribution is -0.900.